The lowest BCUT2D eigenvalue weighted by molar-refractivity contribution is 0.0698. The second-order valence-corrected chi connectivity index (χ2v) is 5.43. The summed E-state index contributed by atoms with van der Waals surface area (Å²) in [6, 6.07) is 5.58. The van der Waals surface area contributed by atoms with Crippen LogP contribution in [0.2, 0.25) is 0 Å². The SMILES string of the molecule is CCn1cc(CN2CCCC2)c2cccc(C(=O)O)c21. The van der Waals surface area contributed by atoms with Crippen molar-refractivity contribution >= 4 is 16.9 Å². The van der Waals surface area contributed by atoms with Gasteiger partial charge in [-0.25, -0.2) is 4.79 Å². The van der Waals surface area contributed by atoms with Crippen LogP contribution in [0.4, 0.5) is 0 Å². The summed E-state index contributed by atoms with van der Waals surface area (Å²) in [4.78, 5) is 13.9. The van der Waals surface area contributed by atoms with Gasteiger partial charge in [0.05, 0.1) is 11.1 Å². The molecular formula is C16H20N2O2. The predicted molar refractivity (Wildman–Crippen MR) is 79.1 cm³/mol. The molecule has 1 aliphatic heterocycles. The first kappa shape index (κ1) is 13.2. The minimum atomic E-state index is -0.851. The fourth-order valence-corrected chi connectivity index (χ4v) is 3.16. The molecule has 0 bridgehead atoms. The van der Waals surface area contributed by atoms with Crippen LogP contribution in [-0.4, -0.2) is 33.6 Å². The highest BCUT2D eigenvalue weighted by Gasteiger charge is 2.18. The summed E-state index contributed by atoms with van der Waals surface area (Å²) in [5.41, 5.74) is 2.50. The highest BCUT2D eigenvalue weighted by Crippen LogP contribution is 2.27. The van der Waals surface area contributed by atoms with E-state index in [9.17, 15) is 9.90 Å². The Morgan fingerprint density at radius 2 is 2.05 bits per heavy atom. The summed E-state index contributed by atoms with van der Waals surface area (Å²) in [6.45, 7) is 6.07. The number of carboxylic acids is 1. The van der Waals surface area contributed by atoms with Gasteiger partial charge in [-0.15, -0.1) is 0 Å². The number of likely N-dealkylation sites (tertiary alicyclic amines) is 1. The van der Waals surface area contributed by atoms with E-state index in [1.807, 2.05) is 12.1 Å². The molecule has 4 nitrogen and oxygen atoms in total. The van der Waals surface area contributed by atoms with Crippen LogP contribution in [0.25, 0.3) is 10.9 Å². The van der Waals surface area contributed by atoms with E-state index in [2.05, 4.69) is 22.6 Å². The van der Waals surface area contributed by atoms with Gasteiger partial charge in [0.2, 0.25) is 0 Å². The molecule has 1 aliphatic rings. The van der Waals surface area contributed by atoms with E-state index in [0.29, 0.717) is 5.56 Å². The molecule has 2 heterocycles. The molecule has 0 amide bonds. The highest BCUT2D eigenvalue weighted by molar-refractivity contribution is 6.03. The lowest BCUT2D eigenvalue weighted by Crippen LogP contribution is -2.18. The molecule has 3 rings (SSSR count). The van der Waals surface area contributed by atoms with Crippen LogP contribution in [0.1, 0.15) is 35.7 Å². The van der Waals surface area contributed by atoms with Crippen molar-refractivity contribution in [3.63, 3.8) is 0 Å². The molecule has 4 heteroatoms. The van der Waals surface area contributed by atoms with Gasteiger partial charge in [0.25, 0.3) is 0 Å². The standard InChI is InChI=1S/C16H20N2O2/c1-2-18-11-12(10-17-8-3-4-9-17)13-6-5-7-14(15(13)18)16(19)20/h5-7,11H,2-4,8-10H2,1H3,(H,19,20). The maximum atomic E-state index is 11.4. The highest BCUT2D eigenvalue weighted by atomic mass is 16.4. The second kappa shape index (κ2) is 5.29. The van der Waals surface area contributed by atoms with Crippen LogP contribution in [0, 0.1) is 0 Å². The number of aryl methyl sites for hydroxylation is 1. The molecule has 0 aliphatic carbocycles. The number of fused-ring (bicyclic) bond motifs is 1. The van der Waals surface area contributed by atoms with Gasteiger partial charge in [-0.3, -0.25) is 4.90 Å². The quantitative estimate of drug-likeness (QED) is 0.930. The summed E-state index contributed by atoms with van der Waals surface area (Å²) in [5.74, 6) is -0.851. The zero-order valence-corrected chi connectivity index (χ0v) is 11.8. The van der Waals surface area contributed by atoms with Crippen LogP contribution in [0.3, 0.4) is 0 Å². The molecule has 0 radical (unpaired) electrons. The van der Waals surface area contributed by atoms with E-state index in [-0.39, 0.29) is 0 Å². The first-order valence-corrected chi connectivity index (χ1v) is 7.27. The maximum absolute atomic E-state index is 11.4. The summed E-state index contributed by atoms with van der Waals surface area (Å²) in [5, 5.41) is 10.5. The number of para-hydroxylation sites is 1. The van der Waals surface area contributed by atoms with E-state index in [4.69, 9.17) is 0 Å². The number of hydrogen-bond donors (Lipinski definition) is 1. The smallest absolute Gasteiger partial charge is 0.337 e. The van der Waals surface area contributed by atoms with E-state index in [0.717, 1.165) is 37.1 Å². The summed E-state index contributed by atoms with van der Waals surface area (Å²) in [7, 11) is 0. The number of aromatic nitrogens is 1. The molecule has 20 heavy (non-hydrogen) atoms. The third-order valence-corrected chi connectivity index (χ3v) is 4.14. The van der Waals surface area contributed by atoms with Crippen molar-refractivity contribution in [2.24, 2.45) is 0 Å². The topological polar surface area (TPSA) is 45.5 Å². The number of aromatic carboxylic acids is 1. The number of carbonyl (C=O) groups is 1. The molecule has 2 aromatic rings. The minimum Gasteiger partial charge on any atom is -0.478 e. The third-order valence-electron chi connectivity index (χ3n) is 4.14. The Bertz CT molecular complexity index is 639. The Morgan fingerprint density at radius 3 is 2.70 bits per heavy atom. The third kappa shape index (κ3) is 2.20. The monoisotopic (exact) mass is 272 g/mol. The predicted octanol–water partition coefficient (Wildman–Crippen LogP) is 2.96. The lowest BCUT2D eigenvalue weighted by Gasteiger charge is -2.13. The van der Waals surface area contributed by atoms with Crippen molar-refractivity contribution < 1.29 is 9.90 Å². The first-order valence-electron chi connectivity index (χ1n) is 7.27. The van der Waals surface area contributed by atoms with Crippen molar-refractivity contribution in [2.75, 3.05) is 13.1 Å². The number of carboxylic acid groups (broad SMARTS) is 1. The van der Waals surface area contributed by atoms with Gasteiger partial charge < -0.3 is 9.67 Å². The van der Waals surface area contributed by atoms with Gasteiger partial charge in [0.15, 0.2) is 0 Å². The van der Waals surface area contributed by atoms with Gasteiger partial charge in [-0.2, -0.15) is 0 Å². The average molecular weight is 272 g/mol. The van der Waals surface area contributed by atoms with Crippen LogP contribution in [-0.2, 0) is 13.1 Å². The molecule has 0 atom stereocenters. The largest absolute Gasteiger partial charge is 0.478 e. The molecule has 1 aromatic heterocycles. The molecule has 0 unspecified atom stereocenters. The fraction of sp³-hybridized carbons (Fsp3) is 0.438. The summed E-state index contributed by atoms with van der Waals surface area (Å²) in [6.07, 6.45) is 4.66. The Labute approximate surface area is 118 Å². The normalized spacial score (nSPS) is 16.1. The molecule has 1 N–H and O–H groups in total. The second-order valence-electron chi connectivity index (χ2n) is 5.43. The van der Waals surface area contributed by atoms with Crippen LogP contribution >= 0.6 is 0 Å². The van der Waals surface area contributed by atoms with Gasteiger partial charge in [0.1, 0.15) is 0 Å². The summed E-state index contributed by atoms with van der Waals surface area (Å²) >= 11 is 0. The average Bonchev–Trinajstić information content (AvgIpc) is 3.07. The van der Waals surface area contributed by atoms with E-state index >= 15 is 0 Å². The van der Waals surface area contributed by atoms with Crippen molar-refractivity contribution in [1.82, 2.24) is 9.47 Å². The molecule has 1 aromatic carbocycles. The van der Waals surface area contributed by atoms with Crippen LogP contribution in [0.5, 0.6) is 0 Å². The van der Waals surface area contributed by atoms with E-state index in [1.54, 1.807) is 6.07 Å². The molecular weight excluding hydrogens is 252 g/mol. The van der Waals surface area contributed by atoms with Crippen LogP contribution < -0.4 is 0 Å². The van der Waals surface area contributed by atoms with Crippen molar-refractivity contribution in [1.29, 1.82) is 0 Å². The van der Waals surface area contributed by atoms with E-state index < -0.39 is 5.97 Å². The fourth-order valence-electron chi connectivity index (χ4n) is 3.16. The number of rotatable bonds is 4. The van der Waals surface area contributed by atoms with Gasteiger partial charge in [-0.05, 0) is 44.5 Å². The molecule has 0 saturated carbocycles. The first-order chi connectivity index (χ1) is 9.70. The van der Waals surface area contributed by atoms with Crippen molar-refractivity contribution in [3.8, 4) is 0 Å². The zero-order valence-electron chi connectivity index (χ0n) is 11.8. The van der Waals surface area contributed by atoms with Gasteiger partial charge in [0, 0.05) is 24.7 Å². The Kier molecular flexibility index (Phi) is 3.49. The lowest BCUT2D eigenvalue weighted by atomic mass is 10.1. The van der Waals surface area contributed by atoms with Gasteiger partial charge >= 0.3 is 5.97 Å². The van der Waals surface area contributed by atoms with Gasteiger partial charge in [-0.1, -0.05) is 12.1 Å². The maximum Gasteiger partial charge on any atom is 0.337 e. The molecule has 1 fully saturated rings. The van der Waals surface area contributed by atoms with Crippen molar-refractivity contribution in [3.05, 3.63) is 35.5 Å². The number of benzene rings is 1. The van der Waals surface area contributed by atoms with E-state index in [1.165, 1.54) is 18.4 Å². The molecule has 106 valence electrons. The number of hydrogen-bond acceptors (Lipinski definition) is 2. The number of nitrogens with zero attached hydrogens (tertiary/aromatic N) is 2. The minimum absolute atomic E-state index is 0.400. The molecule has 1 saturated heterocycles. The summed E-state index contributed by atoms with van der Waals surface area (Å²) < 4.78 is 2.06. The Morgan fingerprint density at radius 1 is 1.30 bits per heavy atom. The zero-order chi connectivity index (χ0) is 14.1. The molecule has 0 spiro atoms. The van der Waals surface area contributed by atoms with Crippen LogP contribution in [0.15, 0.2) is 24.4 Å². The van der Waals surface area contributed by atoms with Crippen molar-refractivity contribution in [2.45, 2.75) is 32.9 Å². The Hall–Kier alpha value is -1.81. The Balaban J connectivity index is 2.09.